The van der Waals surface area contributed by atoms with E-state index < -0.39 is 0 Å². The van der Waals surface area contributed by atoms with E-state index in [9.17, 15) is 9.18 Å². The zero-order chi connectivity index (χ0) is 20.0. The van der Waals surface area contributed by atoms with Crippen molar-refractivity contribution in [2.45, 2.75) is 25.2 Å². The zero-order valence-electron chi connectivity index (χ0n) is 15.7. The second kappa shape index (κ2) is 6.55. The van der Waals surface area contributed by atoms with Crippen molar-refractivity contribution < 1.29 is 18.1 Å². The fourth-order valence-electron chi connectivity index (χ4n) is 3.69. The first-order valence-electron chi connectivity index (χ1n) is 9.41. The highest BCUT2D eigenvalue weighted by Crippen LogP contribution is 2.47. The molecular weight excluding hydrogens is 373 g/mol. The topological polar surface area (TPSA) is 81.2 Å². The fraction of sp³-hybridized carbons (Fsp3) is 0.227. The highest BCUT2D eigenvalue weighted by Gasteiger charge is 2.44. The number of hydrogen-bond donors (Lipinski definition) is 1. The average molecular weight is 391 g/mol. The van der Waals surface area contributed by atoms with Gasteiger partial charge in [0.1, 0.15) is 11.5 Å². The second-order valence-electron chi connectivity index (χ2n) is 7.45. The summed E-state index contributed by atoms with van der Waals surface area (Å²) in [6, 6.07) is 11.7. The number of rotatable bonds is 5. The van der Waals surface area contributed by atoms with Gasteiger partial charge in [-0.1, -0.05) is 17.3 Å². The Bertz CT molecular complexity index is 1190. The first-order chi connectivity index (χ1) is 14.1. The van der Waals surface area contributed by atoms with E-state index in [-0.39, 0.29) is 17.1 Å². The van der Waals surface area contributed by atoms with Gasteiger partial charge in [-0.05, 0) is 55.7 Å². The lowest BCUT2D eigenvalue weighted by atomic mass is 9.95. The molecule has 146 valence electrons. The van der Waals surface area contributed by atoms with Gasteiger partial charge in [0.15, 0.2) is 5.76 Å². The molecule has 1 aliphatic rings. The number of nitrogens with zero attached hydrogens (tertiary/aromatic N) is 2. The number of amides is 1. The molecule has 3 heterocycles. The van der Waals surface area contributed by atoms with Gasteiger partial charge >= 0.3 is 0 Å². The lowest BCUT2D eigenvalue weighted by molar-refractivity contribution is 0.0951. The number of aryl methyl sites for hydroxylation is 1. The molecule has 0 atom stereocenters. The Kier molecular flexibility index (Phi) is 3.97. The minimum absolute atomic E-state index is 0.136. The molecular formula is C22H18FN3O3. The third-order valence-electron chi connectivity index (χ3n) is 5.53. The second-order valence-corrected chi connectivity index (χ2v) is 7.45. The van der Waals surface area contributed by atoms with Crippen molar-refractivity contribution in [3.05, 3.63) is 71.4 Å². The summed E-state index contributed by atoms with van der Waals surface area (Å²) in [6.07, 6.45) is 3.45. The van der Waals surface area contributed by atoms with Gasteiger partial charge in [0, 0.05) is 12.0 Å². The number of aromatic nitrogens is 2. The van der Waals surface area contributed by atoms with Crippen LogP contribution in [0.5, 0.6) is 0 Å². The molecule has 1 amide bonds. The summed E-state index contributed by atoms with van der Waals surface area (Å²) in [5.41, 5.74) is 2.74. The molecule has 1 fully saturated rings. The minimum atomic E-state index is -0.263. The van der Waals surface area contributed by atoms with E-state index in [1.54, 1.807) is 43.5 Å². The van der Waals surface area contributed by atoms with Crippen molar-refractivity contribution in [1.29, 1.82) is 0 Å². The van der Waals surface area contributed by atoms with Crippen LogP contribution in [0.1, 0.15) is 34.5 Å². The van der Waals surface area contributed by atoms with Gasteiger partial charge in [0.05, 0.1) is 22.9 Å². The highest BCUT2D eigenvalue weighted by molar-refractivity contribution is 6.06. The first-order valence-corrected chi connectivity index (χ1v) is 9.41. The average Bonchev–Trinajstić information content (AvgIpc) is 3.14. The van der Waals surface area contributed by atoms with Gasteiger partial charge in [-0.25, -0.2) is 9.37 Å². The Morgan fingerprint density at radius 3 is 2.72 bits per heavy atom. The maximum absolute atomic E-state index is 13.2. The Morgan fingerprint density at radius 2 is 2.03 bits per heavy atom. The van der Waals surface area contributed by atoms with Crippen LogP contribution in [0.3, 0.4) is 0 Å². The van der Waals surface area contributed by atoms with Crippen LogP contribution in [0.25, 0.3) is 22.6 Å². The molecule has 4 aromatic rings. The van der Waals surface area contributed by atoms with Gasteiger partial charge in [0.25, 0.3) is 11.6 Å². The number of hydrogen-bond acceptors (Lipinski definition) is 5. The van der Waals surface area contributed by atoms with Crippen LogP contribution in [0.2, 0.25) is 0 Å². The Morgan fingerprint density at radius 1 is 1.24 bits per heavy atom. The first kappa shape index (κ1) is 17.6. The van der Waals surface area contributed by atoms with Crippen molar-refractivity contribution in [3.8, 4) is 11.5 Å². The number of pyridine rings is 1. The van der Waals surface area contributed by atoms with E-state index in [0.29, 0.717) is 40.4 Å². The predicted molar refractivity (Wildman–Crippen MR) is 104 cm³/mol. The molecule has 0 saturated heterocycles. The molecule has 1 N–H and O–H groups in total. The third kappa shape index (κ3) is 3.08. The van der Waals surface area contributed by atoms with Crippen molar-refractivity contribution in [2.24, 2.45) is 0 Å². The van der Waals surface area contributed by atoms with Gasteiger partial charge in [-0.3, -0.25) is 4.79 Å². The Hall–Kier alpha value is -3.48. The van der Waals surface area contributed by atoms with E-state index in [1.165, 1.54) is 12.1 Å². The van der Waals surface area contributed by atoms with Gasteiger partial charge in [-0.15, -0.1) is 0 Å². The number of fused-ring (bicyclic) bond motifs is 1. The van der Waals surface area contributed by atoms with Gasteiger partial charge in [-0.2, -0.15) is 0 Å². The molecule has 0 spiro atoms. The molecule has 0 aliphatic heterocycles. The van der Waals surface area contributed by atoms with Crippen molar-refractivity contribution in [3.63, 3.8) is 0 Å². The van der Waals surface area contributed by atoms with Crippen molar-refractivity contribution >= 4 is 17.0 Å². The lowest BCUT2D eigenvalue weighted by Crippen LogP contribution is -2.32. The Balaban J connectivity index is 1.45. The summed E-state index contributed by atoms with van der Waals surface area (Å²) in [4.78, 5) is 17.5. The van der Waals surface area contributed by atoms with Gasteiger partial charge < -0.3 is 14.3 Å². The number of furan rings is 1. The van der Waals surface area contributed by atoms with Crippen LogP contribution < -0.4 is 5.32 Å². The monoisotopic (exact) mass is 391 g/mol. The number of halogens is 1. The normalized spacial score (nSPS) is 14.8. The van der Waals surface area contributed by atoms with Crippen molar-refractivity contribution in [2.75, 3.05) is 6.54 Å². The van der Waals surface area contributed by atoms with E-state index in [4.69, 9.17) is 8.94 Å². The molecule has 5 rings (SSSR count). The highest BCUT2D eigenvalue weighted by atomic mass is 19.1. The summed E-state index contributed by atoms with van der Waals surface area (Å²) in [7, 11) is 0. The summed E-state index contributed by atoms with van der Waals surface area (Å²) < 4.78 is 24.0. The molecule has 0 unspecified atom stereocenters. The number of carbonyl (C=O) groups excluding carboxylic acids is 1. The van der Waals surface area contributed by atoms with Crippen LogP contribution in [-0.2, 0) is 5.41 Å². The predicted octanol–water partition coefficient (Wildman–Crippen LogP) is 4.39. The molecule has 6 nitrogen and oxygen atoms in total. The molecule has 29 heavy (non-hydrogen) atoms. The largest absolute Gasteiger partial charge is 0.463 e. The molecule has 0 bridgehead atoms. The van der Waals surface area contributed by atoms with E-state index in [0.717, 1.165) is 18.4 Å². The molecule has 1 aliphatic carbocycles. The fourth-order valence-corrected chi connectivity index (χ4v) is 3.69. The summed E-state index contributed by atoms with van der Waals surface area (Å²) in [5.74, 6) is 0.0472. The molecule has 1 saturated carbocycles. The molecule has 1 aromatic carbocycles. The Labute approximate surface area is 165 Å². The summed E-state index contributed by atoms with van der Waals surface area (Å²) in [5, 5.41) is 7.58. The molecule has 3 aromatic heterocycles. The van der Waals surface area contributed by atoms with E-state index in [2.05, 4.69) is 15.5 Å². The number of carbonyl (C=O) groups is 1. The van der Waals surface area contributed by atoms with Crippen molar-refractivity contribution in [1.82, 2.24) is 15.5 Å². The smallest absolute Gasteiger partial charge is 0.259 e. The SMILES string of the molecule is Cc1noc2nc(-c3ccco3)cc(C(=O)NCC3(c4ccc(F)cc4)CC3)c12. The summed E-state index contributed by atoms with van der Waals surface area (Å²) >= 11 is 0. The maximum Gasteiger partial charge on any atom is 0.259 e. The summed E-state index contributed by atoms with van der Waals surface area (Å²) in [6.45, 7) is 2.25. The number of benzene rings is 1. The van der Waals surface area contributed by atoms with Crippen LogP contribution in [-0.4, -0.2) is 22.6 Å². The zero-order valence-corrected chi connectivity index (χ0v) is 15.7. The number of nitrogens with one attached hydrogen (secondary N) is 1. The van der Waals surface area contributed by atoms with E-state index >= 15 is 0 Å². The van der Waals surface area contributed by atoms with Gasteiger partial charge in [0.2, 0.25) is 0 Å². The maximum atomic E-state index is 13.2. The molecule has 7 heteroatoms. The van der Waals surface area contributed by atoms with Crippen LogP contribution >= 0.6 is 0 Å². The molecule has 0 radical (unpaired) electrons. The van der Waals surface area contributed by atoms with E-state index in [1.807, 2.05) is 0 Å². The quantitative estimate of drug-likeness (QED) is 0.546. The van der Waals surface area contributed by atoms with Crippen LogP contribution in [0.4, 0.5) is 4.39 Å². The van der Waals surface area contributed by atoms with Crippen LogP contribution in [0, 0.1) is 12.7 Å². The standard InChI is InChI=1S/C22H18FN3O3/c1-13-19-16(11-17(18-3-2-10-28-18)25-21(19)29-26-13)20(27)24-12-22(8-9-22)14-4-6-15(23)7-5-14/h2-7,10-11H,8-9,12H2,1H3,(H,24,27). The van der Waals surface area contributed by atoms with Crippen LogP contribution in [0.15, 0.2) is 57.7 Å². The minimum Gasteiger partial charge on any atom is -0.463 e. The third-order valence-corrected chi connectivity index (χ3v) is 5.53. The lowest BCUT2D eigenvalue weighted by Gasteiger charge is -2.17.